The second-order valence-electron chi connectivity index (χ2n) is 2.14. The SMILES string of the molecule is Oc1ccc(CCl)nc1C(F)F. The predicted octanol–water partition coefficient (Wildman–Crippen LogP) is 2.46. The Kier molecular flexibility index (Phi) is 2.81. The van der Waals surface area contributed by atoms with Crippen LogP contribution in [-0.2, 0) is 5.88 Å². The Morgan fingerprint density at radius 3 is 2.67 bits per heavy atom. The van der Waals surface area contributed by atoms with Gasteiger partial charge in [-0.1, -0.05) is 0 Å². The van der Waals surface area contributed by atoms with E-state index in [-0.39, 0.29) is 5.88 Å². The summed E-state index contributed by atoms with van der Waals surface area (Å²) in [4.78, 5) is 3.46. The zero-order valence-corrected chi connectivity index (χ0v) is 6.72. The molecule has 0 radical (unpaired) electrons. The summed E-state index contributed by atoms with van der Waals surface area (Å²) in [6.07, 6.45) is -2.77. The van der Waals surface area contributed by atoms with Gasteiger partial charge in [0.2, 0.25) is 0 Å². The lowest BCUT2D eigenvalue weighted by molar-refractivity contribution is 0.141. The minimum Gasteiger partial charge on any atom is -0.506 e. The van der Waals surface area contributed by atoms with Gasteiger partial charge in [-0.3, -0.25) is 0 Å². The molecule has 0 atom stereocenters. The van der Waals surface area contributed by atoms with Crippen LogP contribution in [0.15, 0.2) is 12.1 Å². The fourth-order valence-corrected chi connectivity index (χ4v) is 0.894. The maximum Gasteiger partial charge on any atom is 0.284 e. The highest BCUT2D eigenvalue weighted by atomic mass is 35.5. The average Bonchev–Trinajstić information content (AvgIpc) is 2.05. The molecule has 1 rings (SSSR count). The largest absolute Gasteiger partial charge is 0.506 e. The molecule has 0 aliphatic heterocycles. The van der Waals surface area contributed by atoms with Gasteiger partial charge < -0.3 is 5.11 Å². The maximum atomic E-state index is 12.1. The number of halogens is 3. The van der Waals surface area contributed by atoms with Crippen LogP contribution in [0.25, 0.3) is 0 Å². The number of alkyl halides is 3. The van der Waals surface area contributed by atoms with Crippen molar-refractivity contribution < 1.29 is 13.9 Å². The molecule has 1 aromatic rings. The van der Waals surface area contributed by atoms with Crippen LogP contribution < -0.4 is 0 Å². The smallest absolute Gasteiger partial charge is 0.284 e. The molecule has 0 bridgehead atoms. The summed E-state index contributed by atoms with van der Waals surface area (Å²) in [6, 6.07) is 2.56. The van der Waals surface area contributed by atoms with Gasteiger partial charge in [0, 0.05) is 0 Å². The van der Waals surface area contributed by atoms with E-state index in [2.05, 4.69) is 4.98 Å². The highest BCUT2D eigenvalue weighted by molar-refractivity contribution is 6.16. The third kappa shape index (κ3) is 1.82. The number of rotatable bonds is 2. The molecule has 0 saturated heterocycles. The minimum atomic E-state index is -2.77. The standard InChI is InChI=1S/C7H6ClF2NO/c8-3-4-1-2-5(12)6(11-4)7(9)10/h1-2,7,12H,3H2. The molecule has 2 nitrogen and oxygen atoms in total. The predicted molar refractivity (Wildman–Crippen MR) is 40.4 cm³/mol. The monoisotopic (exact) mass is 193 g/mol. The third-order valence-corrected chi connectivity index (χ3v) is 1.58. The van der Waals surface area contributed by atoms with E-state index in [1.54, 1.807) is 0 Å². The zero-order valence-electron chi connectivity index (χ0n) is 5.97. The molecule has 0 unspecified atom stereocenters. The Hall–Kier alpha value is -0.900. The molecule has 66 valence electrons. The lowest BCUT2D eigenvalue weighted by Crippen LogP contribution is -1.94. The Labute approximate surface area is 72.8 Å². The second kappa shape index (κ2) is 3.67. The summed E-state index contributed by atoms with van der Waals surface area (Å²) in [7, 11) is 0. The molecule has 0 saturated carbocycles. The molecule has 0 fully saturated rings. The van der Waals surface area contributed by atoms with E-state index in [0.29, 0.717) is 5.69 Å². The first kappa shape index (κ1) is 9.19. The van der Waals surface area contributed by atoms with Gasteiger partial charge in [-0.25, -0.2) is 13.8 Å². The van der Waals surface area contributed by atoms with Crippen LogP contribution in [0.1, 0.15) is 17.8 Å². The van der Waals surface area contributed by atoms with Gasteiger partial charge in [0.25, 0.3) is 6.43 Å². The summed E-state index contributed by atoms with van der Waals surface area (Å²) in [5.74, 6) is -0.445. The Balaban J connectivity index is 3.08. The number of nitrogens with zero attached hydrogens (tertiary/aromatic N) is 1. The lowest BCUT2D eigenvalue weighted by Gasteiger charge is -2.03. The minimum absolute atomic E-state index is 0.0556. The molecule has 1 aromatic heterocycles. The van der Waals surface area contributed by atoms with E-state index >= 15 is 0 Å². The first-order chi connectivity index (χ1) is 5.65. The third-order valence-electron chi connectivity index (χ3n) is 1.30. The van der Waals surface area contributed by atoms with Crippen molar-refractivity contribution in [3.05, 3.63) is 23.5 Å². The molecule has 1 N–H and O–H groups in total. The van der Waals surface area contributed by atoms with E-state index < -0.39 is 17.9 Å². The Bertz CT molecular complexity index is 280. The molecule has 0 spiro atoms. The molecular formula is C7H6ClF2NO. The van der Waals surface area contributed by atoms with Crippen molar-refractivity contribution in [3.8, 4) is 5.75 Å². The van der Waals surface area contributed by atoms with E-state index in [1.807, 2.05) is 0 Å². The summed E-state index contributed by atoms with van der Waals surface area (Å²) >= 11 is 5.37. The Morgan fingerprint density at radius 2 is 2.17 bits per heavy atom. The van der Waals surface area contributed by atoms with Crippen molar-refractivity contribution in [1.82, 2.24) is 4.98 Å². The number of hydrogen-bond acceptors (Lipinski definition) is 2. The van der Waals surface area contributed by atoms with Crippen molar-refractivity contribution in [2.24, 2.45) is 0 Å². The molecule has 0 aliphatic carbocycles. The van der Waals surface area contributed by atoms with Gasteiger partial charge in [0.1, 0.15) is 11.4 Å². The van der Waals surface area contributed by atoms with Gasteiger partial charge in [-0.2, -0.15) is 0 Å². The number of aromatic hydroxyl groups is 1. The topological polar surface area (TPSA) is 33.1 Å². The van der Waals surface area contributed by atoms with Crippen molar-refractivity contribution >= 4 is 11.6 Å². The molecule has 0 aromatic carbocycles. The second-order valence-corrected chi connectivity index (χ2v) is 2.41. The van der Waals surface area contributed by atoms with Crippen molar-refractivity contribution in [3.63, 3.8) is 0 Å². The number of aromatic nitrogens is 1. The van der Waals surface area contributed by atoms with E-state index in [9.17, 15) is 8.78 Å². The summed E-state index contributed by atoms with van der Waals surface area (Å²) in [5.41, 5.74) is -0.294. The van der Waals surface area contributed by atoms with Crippen molar-refractivity contribution in [2.45, 2.75) is 12.3 Å². The van der Waals surface area contributed by atoms with Crippen LogP contribution in [0.3, 0.4) is 0 Å². The first-order valence-corrected chi connectivity index (χ1v) is 3.71. The van der Waals surface area contributed by atoms with Crippen LogP contribution in [0.2, 0.25) is 0 Å². The fourth-order valence-electron chi connectivity index (χ4n) is 0.745. The van der Waals surface area contributed by atoms with E-state index in [4.69, 9.17) is 16.7 Å². The van der Waals surface area contributed by atoms with Gasteiger partial charge in [0.15, 0.2) is 0 Å². The fraction of sp³-hybridized carbons (Fsp3) is 0.286. The normalized spacial score (nSPS) is 10.7. The molecule has 0 aliphatic rings. The van der Waals surface area contributed by atoms with Crippen LogP contribution >= 0.6 is 11.6 Å². The van der Waals surface area contributed by atoms with Crippen LogP contribution in [0.5, 0.6) is 5.75 Å². The maximum absolute atomic E-state index is 12.1. The van der Waals surface area contributed by atoms with E-state index in [0.717, 1.165) is 6.07 Å². The van der Waals surface area contributed by atoms with Gasteiger partial charge in [0.05, 0.1) is 11.6 Å². The molecule has 1 heterocycles. The highest BCUT2D eigenvalue weighted by Crippen LogP contribution is 2.26. The number of pyridine rings is 1. The van der Waals surface area contributed by atoms with Crippen molar-refractivity contribution in [1.29, 1.82) is 0 Å². The van der Waals surface area contributed by atoms with E-state index in [1.165, 1.54) is 6.07 Å². The van der Waals surface area contributed by atoms with Crippen molar-refractivity contribution in [2.75, 3.05) is 0 Å². The van der Waals surface area contributed by atoms with Gasteiger partial charge >= 0.3 is 0 Å². The lowest BCUT2D eigenvalue weighted by atomic mass is 10.3. The summed E-state index contributed by atoms with van der Waals surface area (Å²) in [5, 5.41) is 8.92. The van der Waals surface area contributed by atoms with Crippen LogP contribution in [0.4, 0.5) is 8.78 Å². The first-order valence-electron chi connectivity index (χ1n) is 3.18. The van der Waals surface area contributed by atoms with Gasteiger partial charge in [-0.05, 0) is 12.1 Å². The Morgan fingerprint density at radius 1 is 1.50 bits per heavy atom. The molecule has 5 heteroatoms. The molecule has 0 amide bonds. The van der Waals surface area contributed by atoms with Crippen LogP contribution in [-0.4, -0.2) is 10.1 Å². The average molecular weight is 194 g/mol. The molecular weight excluding hydrogens is 188 g/mol. The highest BCUT2D eigenvalue weighted by Gasteiger charge is 2.14. The van der Waals surface area contributed by atoms with Gasteiger partial charge in [-0.15, -0.1) is 11.6 Å². The number of hydrogen-bond donors (Lipinski definition) is 1. The zero-order chi connectivity index (χ0) is 9.14. The summed E-state index contributed by atoms with van der Waals surface area (Å²) < 4.78 is 24.2. The van der Waals surface area contributed by atoms with Crippen LogP contribution in [0, 0.1) is 0 Å². The molecule has 12 heavy (non-hydrogen) atoms. The summed E-state index contributed by atoms with van der Waals surface area (Å²) in [6.45, 7) is 0. The quantitative estimate of drug-likeness (QED) is 0.732.